The van der Waals surface area contributed by atoms with Crippen LogP contribution in [0.25, 0.3) is 0 Å². The Hall–Kier alpha value is -1.62. The number of hydrogen-bond donors (Lipinski definition) is 4. The van der Waals surface area contributed by atoms with Gasteiger partial charge in [0.25, 0.3) is 0 Å². The number of hydrogen-bond acceptors (Lipinski definition) is 8. The fourth-order valence-corrected chi connectivity index (χ4v) is 11.7. The number of carbonyl (C=O) groups excluding carboxylic acids is 2. The molecular weight excluding hydrogens is 608 g/mol. The molecule has 7 fully saturated rings. The summed E-state index contributed by atoms with van der Waals surface area (Å²) < 4.78 is 19.1. The molecule has 0 radical (unpaired) electrons. The molecule has 7 aliphatic rings. The third-order valence-electron chi connectivity index (χ3n) is 15.2. The van der Waals surface area contributed by atoms with Crippen molar-refractivity contribution in [1.29, 1.82) is 0 Å². The van der Waals surface area contributed by atoms with Crippen LogP contribution in [0, 0.1) is 45.8 Å². The molecule has 5 N–H and O–H groups in total. The Bertz CT molecular complexity index is 1220. The third kappa shape index (κ3) is 5.58. The average molecular weight is 673 g/mol. The molecule has 0 aromatic rings. The lowest BCUT2D eigenvalue weighted by atomic mass is 9.49. The molecule has 1 spiro atoms. The number of aliphatic hydroxyl groups excluding tert-OH is 1. The van der Waals surface area contributed by atoms with Crippen LogP contribution in [0.5, 0.6) is 0 Å². The van der Waals surface area contributed by atoms with Crippen LogP contribution in [-0.2, 0) is 14.2 Å². The first kappa shape index (κ1) is 34.8. The van der Waals surface area contributed by atoms with E-state index < -0.39 is 11.6 Å². The lowest BCUT2D eigenvalue weighted by Crippen LogP contribution is -2.68. The second kappa shape index (κ2) is 12.6. The maximum Gasteiger partial charge on any atom is 0.410 e. The van der Waals surface area contributed by atoms with Crippen molar-refractivity contribution in [2.24, 2.45) is 51.6 Å². The molecule has 11 atom stereocenters. The highest BCUT2D eigenvalue weighted by atomic mass is 16.6. The van der Waals surface area contributed by atoms with Crippen molar-refractivity contribution in [3.05, 3.63) is 0 Å². The second-order valence-corrected chi connectivity index (χ2v) is 18.4. The SMILES string of the molecule is CC(C)C(OC(=O)N1CCC1)C1CC(C)C2C(O1)C(O)C1(N)C(CCC3CCCC(OC(=O)NC4CNC4)C3(C)C)C3(CC3)CCC21C. The topological polar surface area (TPSA) is 135 Å². The molecule has 0 aromatic carbocycles. The summed E-state index contributed by atoms with van der Waals surface area (Å²) in [6, 6.07) is 0.163. The van der Waals surface area contributed by atoms with Gasteiger partial charge in [-0.1, -0.05) is 41.5 Å². The number of nitrogens with two attached hydrogens (primary N) is 1. The molecule has 11 unspecified atom stereocenters. The Morgan fingerprint density at radius 3 is 2.38 bits per heavy atom. The van der Waals surface area contributed by atoms with Gasteiger partial charge in [-0.3, -0.25) is 0 Å². The van der Waals surface area contributed by atoms with Gasteiger partial charge in [0.05, 0.1) is 29.9 Å². The number of nitrogens with one attached hydrogen (secondary N) is 2. The molecule has 3 saturated heterocycles. The number of nitrogens with zero attached hydrogens (tertiary/aromatic N) is 1. The van der Waals surface area contributed by atoms with E-state index >= 15 is 0 Å². The summed E-state index contributed by atoms with van der Waals surface area (Å²) in [5, 5.41) is 18.7. The summed E-state index contributed by atoms with van der Waals surface area (Å²) in [6.07, 6.45) is 9.02. The second-order valence-electron chi connectivity index (χ2n) is 18.4. The summed E-state index contributed by atoms with van der Waals surface area (Å²) in [6.45, 7) is 16.5. The van der Waals surface area contributed by atoms with Crippen molar-refractivity contribution in [2.75, 3.05) is 26.2 Å². The van der Waals surface area contributed by atoms with E-state index in [4.69, 9.17) is 19.9 Å². The number of aliphatic hydroxyl groups is 1. The first-order chi connectivity index (χ1) is 22.7. The van der Waals surface area contributed by atoms with E-state index in [2.05, 4.69) is 52.2 Å². The van der Waals surface area contributed by atoms with E-state index in [1.54, 1.807) is 4.90 Å². The van der Waals surface area contributed by atoms with Gasteiger partial charge in [-0.05, 0) is 111 Å². The van der Waals surface area contributed by atoms with Crippen LogP contribution in [-0.4, -0.2) is 90.5 Å². The molecule has 48 heavy (non-hydrogen) atoms. The molecule has 0 bridgehead atoms. The molecule has 10 nitrogen and oxygen atoms in total. The number of carbonyl (C=O) groups is 2. The number of alkyl carbamates (subject to hydrolysis) is 1. The first-order valence-corrected chi connectivity index (χ1v) is 19.5. The standard InChI is InChI=1S/C38H64N4O6/c1-22(2)30(48-34(45)42-17-8-18-42)26-19-23(3)29-31(46-26)32(43)38(39)27(37(15-16-37)14-13-36(29,38)6)12-11-24-9-7-10-28(35(24,4)5)47-33(44)41-25-20-40-21-25/h22-32,40,43H,7-21,39H2,1-6H3,(H,41,44). The van der Waals surface area contributed by atoms with Crippen LogP contribution >= 0.6 is 0 Å². The number of ether oxygens (including phenoxy) is 3. The average Bonchev–Trinajstić information content (AvgIpc) is 3.72. The Kier molecular flexibility index (Phi) is 9.10. The van der Waals surface area contributed by atoms with Gasteiger partial charge >= 0.3 is 12.2 Å². The van der Waals surface area contributed by atoms with E-state index in [0.29, 0.717) is 5.92 Å². The summed E-state index contributed by atoms with van der Waals surface area (Å²) >= 11 is 0. The Balaban J connectivity index is 1.08. The van der Waals surface area contributed by atoms with Gasteiger partial charge in [-0.15, -0.1) is 0 Å². The lowest BCUT2D eigenvalue weighted by molar-refractivity contribution is -0.180. The number of likely N-dealkylation sites (tertiary alicyclic amines) is 1. The minimum absolute atomic E-state index is 0.0997. The maximum atomic E-state index is 12.9. The minimum Gasteiger partial charge on any atom is -0.446 e. The quantitative estimate of drug-likeness (QED) is 0.276. The van der Waals surface area contributed by atoms with Crippen molar-refractivity contribution < 1.29 is 28.9 Å². The van der Waals surface area contributed by atoms with Crippen molar-refractivity contribution in [3.8, 4) is 0 Å². The molecule has 3 heterocycles. The summed E-state index contributed by atoms with van der Waals surface area (Å²) in [4.78, 5) is 27.4. The normalized spacial score (nSPS) is 43.4. The van der Waals surface area contributed by atoms with E-state index in [0.717, 1.165) is 84.0 Å². The van der Waals surface area contributed by atoms with Crippen LogP contribution in [0.1, 0.15) is 112 Å². The van der Waals surface area contributed by atoms with Crippen LogP contribution in [0.15, 0.2) is 0 Å². The number of fused-ring (bicyclic) bond motifs is 3. The largest absolute Gasteiger partial charge is 0.446 e. The minimum atomic E-state index is -0.778. The van der Waals surface area contributed by atoms with Crippen LogP contribution in [0.4, 0.5) is 9.59 Å². The van der Waals surface area contributed by atoms with Crippen LogP contribution < -0.4 is 16.4 Å². The fourth-order valence-electron chi connectivity index (χ4n) is 11.7. The van der Waals surface area contributed by atoms with E-state index in [1.165, 1.54) is 12.8 Å². The highest BCUT2D eigenvalue weighted by molar-refractivity contribution is 5.69. The molecule has 272 valence electrons. The molecule has 4 aliphatic carbocycles. The van der Waals surface area contributed by atoms with E-state index in [9.17, 15) is 14.7 Å². The van der Waals surface area contributed by atoms with Gasteiger partial charge < -0.3 is 40.6 Å². The predicted molar refractivity (Wildman–Crippen MR) is 183 cm³/mol. The van der Waals surface area contributed by atoms with Gasteiger partial charge in [-0.2, -0.15) is 0 Å². The van der Waals surface area contributed by atoms with Crippen LogP contribution in [0.2, 0.25) is 0 Å². The van der Waals surface area contributed by atoms with Gasteiger partial charge in [0.2, 0.25) is 0 Å². The number of amides is 2. The molecule has 4 saturated carbocycles. The molecule has 2 amide bonds. The molecule has 10 heteroatoms. The molecule has 3 aliphatic heterocycles. The van der Waals surface area contributed by atoms with Gasteiger partial charge in [0.15, 0.2) is 0 Å². The van der Waals surface area contributed by atoms with E-state index in [-0.39, 0.29) is 82.6 Å². The zero-order chi connectivity index (χ0) is 34.2. The fraction of sp³-hybridized carbons (Fsp3) is 0.947. The summed E-state index contributed by atoms with van der Waals surface area (Å²) in [5.74, 6) is 1.15. The Labute approximate surface area is 288 Å². The van der Waals surface area contributed by atoms with Crippen molar-refractivity contribution >= 4 is 12.2 Å². The Morgan fingerprint density at radius 2 is 1.77 bits per heavy atom. The van der Waals surface area contributed by atoms with Crippen molar-refractivity contribution in [2.45, 2.75) is 154 Å². The van der Waals surface area contributed by atoms with E-state index in [1.807, 2.05) is 0 Å². The highest BCUT2D eigenvalue weighted by Crippen LogP contribution is 2.73. The molecular formula is C38H64N4O6. The molecule has 0 aromatic heterocycles. The smallest absolute Gasteiger partial charge is 0.410 e. The zero-order valence-corrected chi connectivity index (χ0v) is 30.5. The van der Waals surface area contributed by atoms with Crippen molar-refractivity contribution in [1.82, 2.24) is 15.5 Å². The summed E-state index contributed by atoms with van der Waals surface area (Å²) in [7, 11) is 0. The first-order valence-electron chi connectivity index (χ1n) is 19.5. The highest BCUT2D eigenvalue weighted by Gasteiger charge is 2.76. The predicted octanol–water partition coefficient (Wildman–Crippen LogP) is 5.20. The molecule has 7 rings (SSSR count). The number of rotatable bonds is 8. The van der Waals surface area contributed by atoms with Crippen molar-refractivity contribution in [3.63, 3.8) is 0 Å². The maximum absolute atomic E-state index is 12.9. The van der Waals surface area contributed by atoms with Crippen LogP contribution in [0.3, 0.4) is 0 Å². The van der Waals surface area contributed by atoms with Gasteiger partial charge in [-0.25, -0.2) is 9.59 Å². The lowest BCUT2D eigenvalue weighted by Gasteiger charge is -2.58. The zero-order valence-electron chi connectivity index (χ0n) is 30.5. The van der Waals surface area contributed by atoms with Gasteiger partial charge in [0, 0.05) is 31.6 Å². The monoisotopic (exact) mass is 672 g/mol. The van der Waals surface area contributed by atoms with Gasteiger partial charge in [0.1, 0.15) is 12.2 Å². The Morgan fingerprint density at radius 1 is 1.06 bits per heavy atom. The third-order valence-corrected chi connectivity index (χ3v) is 15.2. The summed E-state index contributed by atoms with van der Waals surface area (Å²) in [5.41, 5.74) is 6.84.